The zero-order chi connectivity index (χ0) is 15.2. The van der Waals surface area contributed by atoms with Gasteiger partial charge < -0.3 is 15.2 Å². The van der Waals surface area contributed by atoms with Crippen LogP contribution in [0.25, 0.3) is 11.1 Å². The highest BCUT2D eigenvalue weighted by molar-refractivity contribution is 5.85. The van der Waals surface area contributed by atoms with Crippen LogP contribution in [0, 0.1) is 0 Å². The topological polar surface area (TPSA) is 61.5 Å². The van der Waals surface area contributed by atoms with Crippen LogP contribution in [0.15, 0.2) is 48.5 Å². The lowest BCUT2D eigenvalue weighted by Gasteiger charge is -2.14. The second-order valence-electron chi connectivity index (χ2n) is 4.73. The van der Waals surface area contributed by atoms with Crippen LogP contribution in [0.5, 0.6) is 5.75 Å². The maximum Gasteiger partial charge on any atom is 0.322 e. The molecule has 0 aliphatic heterocycles. The normalized spacial score (nSPS) is 11.2. The molecule has 2 N–H and O–H groups in total. The summed E-state index contributed by atoms with van der Waals surface area (Å²) in [4.78, 5) is 11.4. The van der Waals surface area contributed by atoms with Gasteiger partial charge in [0.1, 0.15) is 11.8 Å². The maximum atomic E-state index is 11.4. The summed E-state index contributed by atoms with van der Waals surface area (Å²) in [5.41, 5.74) is 8.86. The van der Waals surface area contributed by atoms with E-state index >= 15 is 0 Å². The summed E-state index contributed by atoms with van der Waals surface area (Å²) in [6.07, 6.45) is 0.380. The van der Waals surface area contributed by atoms with E-state index in [-0.39, 0.29) is 12.4 Å². The molecule has 0 bridgehead atoms. The van der Waals surface area contributed by atoms with Crippen LogP contribution in [-0.2, 0) is 16.0 Å². The summed E-state index contributed by atoms with van der Waals surface area (Å²) in [6, 6.07) is 15.2. The summed E-state index contributed by atoms with van der Waals surface area (Å²) in [5.74, 6) is 0.292. The second kappa shape index (κ2) is 8.41. The molecule has 0 aromatic heterocycles. The second-order valence-corrected chi connectivity index (χ2v) is 4.73. The van der Waals surface area contributed by atoms with Crippen molar-refractivity contribution in [1.29, 1.82) is 0 Å². The van der Waals surface area contributed by atoms with Crippen molar-refractivity contribution in [2.24, 2.45) is 5.73 Å². The van der Waals surface area contributed by atoms with Crippen molar-refractivity contribution in [3.63, 3.8) is 0 Å². The van der Waals surface area contributed by atoms with Crippen LogP contribution in [-0.4, -0.2) is 26.2 Å². The number of esters is 1. The molecule has 5 heteroatoms. The Kier molecular flexibility index (Phi) is 6.89. The van der Waals surface area contributed by atoms with Crippen LogP contribution < -0.4 is 10.5 Å². The zero-order valence-corrected chi connectivity index (χ0v) is 13.4. The molecule has 0 aliphatic rings. The number of carbonyl (C=O) groups excluding carboxylic acids is 1. The Bertz CT molecular complexity index is 617. The van der Waals surface area contributed by atoms with Crippen LogP contribution in [0.3, 0.4) is 0 Å². The Morgan fingerprint density at radius 1 is 1.09 bits per heavy atom. The van der Waals surface area contributed by atoms with E-state index in [0.717, 1.165) is 22.4 Å². The maximum absolute atomic E-state index is 11.4. The summed E-state index contributed by atoms with van der Waals surface area (Å²) in [6.45, 7) is 0. The highest BCUT2D eigenvalue weighted by Gasteiger charge is 2.17. The molecule has 118 valence electrons. The Morgan fingerprint density at radius 3 is 2.36 bits per heavy atom. The molecular weight excluding hydrogens is 302 g/mol. The molecule has 1 atom stereocenters. The van der Waals surface area contributed by atoms with E-state index in [1.54, 1.807) is 7.11 Å². The van der Waals surface area contributed by atoms with E-state index in [9.17, 15) is 4.79 Å². The van der Waals surface area contributed by atoms with Gasteiger partial charge in [0, 0.05) is 6.42 Å². The molecule has 4 nitrogen and oxygen atoms in total. The molecule has 2 aromatic carbocycles. The largest absolute Gasteiger partial charge is 0.496 e. The van der Waals surface area contributed by atoms with E-state index in [1.165, 1.54) is 7.11 Å². The Morgan fingerprint density at radius 2 is 1.77 bits per heavy atom. The van der Waals surface area contributed by atoms with Crippen LogP contribution in [0.1, 0.15) is 5.56 Å². The molecule has 0 amide bonds. The van der Waals surface area contributed by atoms with Gasteiger partial charge in [0.15, 0.2) is 0 Å². The number of methoxy groups -OCH3 is 2. The van der Waals surface area contributed by atoms with Crippen molar-refractivity contribution in [2.45, 2.75) is 12.5 Å². The zero-order valence-electron chi connectivity index (χ0n) is 12.6. The minimum absolute atomic E-state index is 0. The third kappa shape index (κ3) is 4.23. The van der Waals surface area contributed by atoms with E-state index < -0.39 is 12.0 Å². The standard InChI is InChI=1S/C17H19NO3.ClH/c1-20-16-11-13(12-6-4-3-5-7-12)8-9-14(16)10-15(18)17(19)21-2;/h3-9,11,15H,10,18H2,1-2H3;1H. The lowest BCUT2D eigenvalue weighted by atomic mass is 9.99. The quantitative estimate of drug-likeness (QED) is 0.860. The number of nitrogens with two attached hydrogens (primary N) is 1. The number of carbonyl (C=O) groups is 1. The highest BCUT2D eigenvalue weighted by Crippen LogP contribution is 2.27. The van der Waals surface area contributed by atoms with E-state index in [4.69, 9.17) is 10.5 Å². The molecule has 0 saturated heterocycles. The third-order valence-electron chi connectivity index (χ3n) is 3.34. The monoisotopic (exact) mass is 321 g/mol. The van der Waals surface area contributed by atoms with Crippen LogP contribution >= 0.6 is 12.4 Å². The molecule has 0 saturated carbocycles. The highest BCUT2D eigenvalue weighted by atomic mass is 35.5. The summed E-state index contributed by atoms with van der Waals surface area (Å²) >= 11 is 0. The predicted octanol–water partition coefficient (Wildman–Crippen LogP) is 2.83. The molecule has 0 aliphatic carbocycles. The van der Waals surface area contributed by atoms with E-state index in [2.05, 4.69) is 4.74 Å². The summed E-state index contributed by atoms with van der Waals surface area (Å²) in [5, 5.41) is 0. The number of rotatable bonds is 5. The molecule has 22 heavy (non-hydrogen) atoms. The van der Waals surface area contributed by atoms with Gasteiger partial charge in [-0.2, -0.15) is 0 Å². The molecule has 0 fully saturated rings. The fraction of sp³-hybridized carbons (Fsp3) is 0.235. The molecular formula is C17H20ClNO3. The number of ether oxygens (including phenoxy) is 2. The van der Waals surface area contributed by atoms with Gasteiger partial charge in [0.25, 0.3) is 0 Å². The Labute approximate surface area is 136 Å². The average Bonchev–Trinajstić information content (AvgIpc) is 2.55. The molecule has 0 heterocycles. The molecule has 2 rings (SSSR count). The first-order valence-corrected chi connectivity index (χ1v) is 6.71. The van der Waals surface area contributed by atoms with Crippen LogP contribution in [0.2, 0.25) is 0 Å². The summed E-state index contributed by atoms with van der Waals surface area (Å²) < 4.78 is 10.1. The van der Waals surface area contributed by atoms with Gasteiger partial charge >= 0.3 is 5.97 Å². The van der Waals surface area contributed by atoms with Gasteiger partial charge in [-0.15, -0.1) is 12.4 Å². The van der Waals surface area contributed by atoms with Gasteiger partial charge in [-0.3, -0.25) is 4.79 Å². The lowest BCUT2D eigenvalue weighted by molar-refractivity contribution is -0.142. The molecule has 2 aromatic rings. The Balaban J connectivity index is 0.00000242. The van der Waals surface area contributed by atoms with Crippen molar-refractivity contribution in [3.8, 4) is 16.9 Å². The predicted molar refractivity (Wildman–Crippen MR) is 89.4 cm³/mol. The lowest BCUT2D eigenvalue weighted by Crippen LogP contribution is -2.33. The van der Waals surface area contributed by atoms with Crippen LogP contribution in [0.4, 0.5) is 0 Å². The fourth-order valence-corrected chi connectivity index (χ4v) is 2.19. The van der Waals surface area contributed by atoms with Crippen molar-refractivity contribution in [2.75, 3.05) is 14.2 Å². The first-order chi connectivity index (χ1) is 10.2. The van der Waals surface area contributed by atoms with Crippen molar-refractivity contribution in [3.05, 3.63) is 54.1 Å². The smallest absolute Gasteiger partial charge is 0.322 e. The van der Waals surface area contributed by atoms with Gasteiger partial charge in [0.05, 0.1) is 14.2 Å². The molecule has 0 radical (unpaired) electrons. The van der Waals surface area contributed by atoms with Gasteiger partial charge in [-0.05, 0) is 22.8 Å². The third-order valence-corrected chi connectivity index (χ3v) is 3.34. The first kappa shape index (κ1) is 18.0. The molecule has 1 unspecified atom stereocenters. The first-order valence-electron chi connectivity index (χ1n) is 6.71. The minimum Gasteiger partial charge on any atom is -0.496 e. The fourth-order valence-electron chi connectivity index (χ4n) is 2.19. The Hall–Kier alpha value is -2.04. The molecule has 0 spiro atoms. The number of hydrogen-bond acceptors (Lipinski definition) is 4. The summed E-state index contributed by atoms with van der Waals surface area (Å²) in [7, 11) is 2.94. The van der Waals surface area contributed by atoms with Gasteiger partial charge in [0.2, 0.25) is 0 Å². The van der Waals surface area contributed by atoms with Crippen molar-refractivity contribution >= 4 is 18.4 Å². The van der Waals surface area contributed by atoms with E-state index in [1.807, 2.05) is 48.5 Å². The van der Waals surface area contributed by atoms with E-state index in [0.29, 0.717) is 6.42 Å². The number of halogens is 1. The minimum atomic E-state index is -0.688. The SMILES string of the molecule is COC(=O)C(N)Cc1ccc(-c2ccccc2)cc1OC.Cl. The van der Waals surface area contributed by atoms with Crippen molar-refractivity contribution in [1.82, 2.24) is 0 Å². The number of benzene rings is 2. The van der Waals surface area contributed by atoms with Crippen molar-refractivity contribution < 1.29 is 14.3 Å². The van der Waals surface area contributed by atoms with Gasteiger partial charge in [-0.25, -0.2) is 0 Å². The van der Waals surface area contributed by atoms with Gasteiger partial charge in [-0.1, -0.05) is 42.5 Å². The average molecular weight is 322 g/mol. The number of hydrogen-bond donors (Lipinski definition) is 1.